The molecule has 0 aliphatic carbocycles. The number of hydrogen-bond donors (Lipinski definition) is 0. The van der Waals surface area contributed by atoms with E-state index in [1.54, 1.807) is 22.8 Å². The Morgan fingerprint density at radius 1 is 1.29 bits per heavy atom. The van der Waals surface area contributed by atoms with Crippen molar-refractivity contribution in [2.45, 2.75) is 6.54 Å². The molecule has 0 aliphatic rings. The molecule has 0 bridgehead atoms. The van der Waals surface area contributed by atoms with Gasteiger partial charge in [-0.15, -0.1) is 6.58 Å². The molecule has 0 N–H and O–H groups in total. The molecule has 0 fully saturated rings. The van der Waals surface area contributed by atoms with Crippen LogP contribution in [0.5, 0.6) is 0 Å². The van der Waals surface area contributed by atoms with Gasteiger partial charge in [-0.1, -0.05) is 29.5 Å². The van der Waals surface area contributed by atoms with Crippen molar-refractivity contribution in [1.82, 2.24) is 14.5 Å². The minimum atomic E-state index is -0.530. The van der Waals surface area contributed by atoms with Crippen LogP contribution in [0.4, 0.5) is 5.69 Å². The highest BCUT2D eigenvalue weighted by Gasteiger charge is 2.13. The molecular formula is C19H13N5O3S. The molecule has 2 aromatic heterocycles. The number of allylic oxidation sites excluding steroid dienone is 1. The van der Waals surface area contributed by atoms with Gasteiger partial charge >= 0.3 is 0 Å². The van der Waals surface area contributed by atoms with E-state index in [9.17, 15) is 14.9 Å². The summed E-state index contributed by atoms with van der Waals surface area (Å²) in [4.78, 5) is 36.4. The van der Waals surface area contributed by atoms with Crippen LogP contribution in [0.25, 0.3) is 21.3 Å². The monoisotopic (exact) mass is 391 g/mol. The lowest BCUT2D eigenvalue weighted by molar-refractivity contribution is -0.384. The van der Waals surface area contributed by atoms with Crippen molar-refractivity contribution < 1.29 is 9.72 Å². The first kappa shape index (κ1) is 17.7. The van der Waals surface area contributed by atoms with Crippen molar-refractivity contribution in [1.29, 1.82) is 0 Å². The molecule has 4 rings (SSSR count). The first-order chi connectivity index (χ1) is 13.6. The Morgan fingerprint density at radius 2 is 2.07 bits per heavy atom. The SMILES string of the molecule is C=CCn1c(=NC(=O)c2cnc3ccccc3n2)sc2cc([N+](=O)[O-])ccc21. The Kier molecular flexibility index (Phi) is 4.50. The van der Waals surface area contributed by atoms with Gasteiger partial charge in [0.05, 0.1) is 32.4 Å². The maximum Gasteiger partial charge on any atom is 0.299 e. The van der Waals surface area contributed by atoms with Crippen molar-refractivity contribution in [3.63, 3.8) is 0 Å². The Bertz CT molecular complexity index is 1320. The average molecular weight is 391 g/mol. The standard InChI is InChI=1S/C19H13N5O3S/c1-2-9-23-16-8-7-12(24(26)27)10-17(16)28-19(23)22-18(25)15-11-20-13-5-3-4-6-14(13)21-15/h2-8,10-11H,1,9H2. The van der Waals surface area contributed by atoms with Crippen LogP contribution >= 0.6 is 11.3 Å². The van der Waals surface area contributed by atoms with E-state index in [1.807, 2.05) is 18.2 Å². The Hall–Kier alpha value is -3.72. The number of thiazole rings is 1. The van der Waals surface area contributed by atoms with Crippen LogP contribution in [0.1, 0.15) is 10.5 Å². The van der Waals surface area contributed by atoms with Crippen molar-refractivity contribution in [2.24, 2.45) is 4.99 Å². The molecule has 0 spiro atoms. The molecule has 0 saturated carbocycles. The van der Waals surface area contributed by atoms with Gasteiger partial charge in [-0.2, -0.15) is 4.99 Å². The van der Waals surface area contributed by atoms with Crippen molar-refractivity contribution in [3.05, 3.63) is 81.9 Å². The van der Waals surface area contributed by atoms with Crippen LogP contribution in [-0.2, 0) is 6.54 Å². The number of carbonyl (C=O) groups excluding carboxylic acids is 1. The second-order valence-corrected chi connectivity index (χ2v) is 6.86. The van der Waals surface area contributed by atoms with Crippen LogP contribution < -0.4 is 4.80 Å². The van der Waals surface area contributed by atoms with Gasteiger partial charge in [-0.05, 0) is 18.2 Å². The second kappa shape index (κ2) is 7.12. The number of carbonyl (C=O) groups is 1. The number of rotatable bonds is 4. The number of para-hydroxylation sites is 2. The summed E-state index contributed by atoms with van der Waals surface area (Å²) in [7, 11) is 0. The molecular weight excluding hydrogens is 378 g/mol. The number of hydrogen-bond acceptors (Lipinski definition) is 6. The van der Waals surface area contributed by atoms with Crippen molar-refractivity contribution in [2.75, 3.05) is 0 Å². The van der Waals surface area contributed by atoms with Crippen LogP contribution in [0, 0.1) is 10.1 Å². The normalized spacial score (nSPS) is 11.8. The number of aromatic nitrogens is 3. The van der Waals surface area contributed by atoms with Gasteiger partial charge in [0.1, 0.15) is 5.69 Å². The number of fused-ring (bicyclic) bond motifs is 2. The van der Waals surface area contributed by atoms with Crippen molar-refractivity contribution >= 4 is 44.2 Å². The molecule has 4 aromatic rings. The van der Waals surface area contributed by atoms with E-state index in [0.717, 1.165) is 5.52 Å². The summed E-state index contributed by atoms with van der Waals surface area (Å²) in [6.07, 6.45) is 3.07. The summed E-state index contributed by atoms with van der Waals surface area (Å²) in [6, 6.07) is 11.8. The van der Waals surface area contributed by atoms with Crippen LogP contribution in [0.15, 0.2) is 66.3 Å². The molecule has 28 heavy (non-hydrogen) atoms. The smallest absolute Gasteiger partial charge is 0.299 e. The highest BCUT2D eigenvalue weighted by Crippen LogP contribution is 2.23. The molecule has 9 heteroatoms. The molecule has 0 saturated heterocycles. The number of benzene rings is 2. The van der Waals surface area contributed by atoms with E-state index in [4.69, 9.17) is 0 Å². The van der Waals surface area contributed by atoms with Gasteiger partial charge in [0.25, 0.3) is 11.6 Å². The maximum absolute atomic E-state index is 12.7. The van der Waals surface area contributed by atoms with Gasteiger partial charge in [0, 0.05) is 18.7 Å². The Labute approximate surface area is 162 Å². The first-order valence-corrected chi connectivity index (χ1v) is 9.08. The largest absolute Gasteiger partial charge is 0.312 e. The molecule has 0 unspecified atom stereocenters. The third kappa shape index (κ3) is 3.19. The highest BCUT2D eigenvalue weighted by molar-refractivity contribution is 7.16. The zero-order chi connectivity index (χ0) is 19.7. The van der Waals surface area contributed by atoms with Gasteiger partial charge in [0.15, 0.2) is 4.80 Å². The van der Waals surface area contributed by atoms with Crippen LogP contribution in [0.2, 0.25) is 0 Å². The third-order valence-electron chi connectivity index (χ3n) is 4.05. The number of non-ortho nitro benzene ring substituents is 1. The lowest BCUT2D eigenvalue weighted by Crippen LogP contribution is -2.16. The summed E-state index contributed by atoms with van der Waals surface area (Å²) in [5, 5.41) is 11.0. The molecule has 2 aromatic carbocycles. The summed E-state index contributed by atoms with van der Waals surface area (Å²) in [5.41, 5.74) is 2.15. The fraction of sp³-hybridized carbons (Fsp3) is 0.0526. The minimum Gasteiger partial charge on any atom is -0.312 e. The summed E-state index contributed by atoms with van der Waals surface area (Å²) < 4.78 is 2.44. The van der Waals surface area contributed by atoms with E-state index in [0.29, 0.717) is 27.1 Å². The zero-order valence-corrected chi connectivity index (χ0v) is 15.3. The molecule has 138 valence electrons. The summed E-state index contributed by atoms with van der Waals surface area (Å²) in [5.74, 6) is -0.530. The number of nitrogens with zero attached hydrogens (tertiary/aromatic N) is 5. The molecule has 2 heterocycles. The van der Waals surface area contributed by atoms with E-state index >= 15 is 0 Å². The first-order valence-electron chi connectivity index (χ1n) is 8.26. The Balaban J connectivity index is 1.84. The third-order valence-corrected chi connectivity index (χ3v) is 5.09. The van der Waals surface area contributed by atoms with E-state index < -0.39 is 10.8 Å². The number of nitro benzene ring substituents is 1. The number of amides is 1. The van der Waals surface area contributed by atoms with Gasteiger partial charge in [-0.3, -0.25) is 19.9 Å². The quantitative estimate of drug-likeness (QED) is 0.301. The van der Waals surface area contributed by atoms with E-state index in [1.165, 1.54) is 29.7 Å². The van der Waals surface area contributed by atoms with Gasteiger partial charge < -0.3 is 4.57 Å². The van der Waals surface area contributed by atoms with Crippen LogP contribution in [-0.4, -0.2) is 25.4 Å². The van der Waals surface area contributed by atoms with E-state index in [-0.39, 0.29) is 11.4 Å². The molecule has 0 atom stereocenters. The van der Waals surface area contributed by atoms with E-state index in [2.05, 4.69) is 21.5 Å². The van der Waals surface area contributed by atoms with Crippen molar-refractivity contribution in [3.8, 4) is 0 Å². The lowest BCUT2D eigenvalue weighted by atomic mass is 10.3. The molecule has 0 radical (unpaired) electrons. The topological polar surface area (TPSA) is 103 Å². The fourth-order valence-corrected chi connectivity index (χ4v) is 3.84. The highest BCUT2D eigenvalue weighted by atomic mass is 32.1. The Morgan fingerprint density at radius 3 is 2.82 bits per heavy atom. The minimum absolute atomic E-state index is 0.0159. The molecule has 1 amide bonds. The average Bonchev–Trinajstić information content (AvgIpc) is 3.04. The maximum atomic E-state index is 12.7. The lowest BCUT2D eigenvalue weighted by Gasteiger charge is -2.01. The molecule has 8 nitrogen and oxygen atoms in total. The summed E-state index contributed by atoms with van der Waals surface area (Å²) in [6.45, 7) is 4.14. The predicted octanol–water partition coefficient (Wildman–Crippen LogP) is 3.48. The van der Waals surface area contributed by atoms with Gasteiger partial charge in [0.2, 0.25) is 0 Å². The van der Waals surface area contributed by atoms with Crippen LogP contribution in [0.3, 0.4) is 0 Å². The summed E-state index contributed by atoms with van der Waals surface area (Å²) >= 11 is 1.20. The second-order valence-electron chi connectivity index (χ2n) is 5.85. The predicted molar refractivity (Wildman–Crippen MR) is 106 cm³/mol. The zero-order valence-electron chi connectivity index (χ0n) is 14.5. The number of nitro groups is 1. The van der Waals surface area contributed by atoms with Gasteiger partial charge in [-0.25, -0.2) is 4.98 Å². The fourth-order valence-electron chi connectivity index (χ4n) is 2.77. The molecule has 0 aliphatic heterocycles.